The molecule has 106 valence electrons. The average Bonchev–Trinajstić information content (AvgIpc) is 2.94. The Balaban J connectivity index is 2.26. The van der Waals surface area contributed by atoms with Crippen LogP contribution in [0.15, 0.2) is 36.4 Å². The second kappa shape index (κ2) is 5.26. The number of aromatic nitrogens is 1. The molecular formula is C16H12FNO2S. The van der Waals surface area contributed by atoms with Crippen molar-refractivity contribution in [1.82, 2.24) is 4.98 Å². The zero-order valence-electron chi connectivity index (χ0n) is 11.3. The molecule has 0 radical (unpaired) electrons. The number of carboxylic acid groups (broad SMARTS) is 1. The van der Waals surface area contributed by atoms with Crippen LogP contribution in [0.1, 0.15) is 22.2 Å². The highest BCUT2D eigenvalue weighted by Crippen LogP contribution is 2.30. The van der Waals surface area contributed by atoms with Crippen molar-refractivity contribution in [3.8, 4) is 10.6 Å². The van der Waals surface area contributed by atoms with E-state index >= 15 is 0 Å². The summed E-state index contributed by atoms with van der Waals surface area (Å²) < 4.78 is 13.4. The van der Waals surface area contributed by atoms with Crippen LogP contribution in [-0.4, -0.2) is 16.1 Å². The van der Waals surface area contributed by atoms with Crippen LogP contribution in [0, 0.1) is 5.82 Å². The van der Waals surface area contributed by atoms with Gasteiger partial charge in [0.1, 0.15) is 5.82 Å². The number of carbonyl (C=O) groups is 1. The van der Waals surface area contributed by atoms with Gasteiger partial charge in [0.25, 0.3) is 0 Å². The number of pyridine rings is 1. The molecule has 0 saturated carbocycles. The van der Waals surface area contributed by atoms with Gasteiger partial charge >= 0.3 is 5.97 Å². The van der Waals surface area contributed by atoms with Crippen LogP contribution in [0.3, 0.4) is 0 Å². The van der Waals surface area contributed by atoms with Crippen molar-refractivity contribution >= 4 is 28.2 Å². The third kappa shape index (κ3) is 2.52. The monoisotopic (exact) mass is 301 g/mol. The summed E-state index contributed by atoms with van der Waals surface area (Å²) in [5.74, 6) is -1.47. The largest absolute Gasteiger partial charge is 0.478 e. The summed E-state index contributed by atoms with van der Waals surface area (Å²) >= 11 is 1.57. The first-order valence-electron chi connectivity index (χ1n) is 6.51. The van der Waals surface area contributed by atoms with E-state index in [0.717, 1.165) is 11.3 Å². The lowest BCUT2D eigenvalue weighted by Gasteiger charge is -2.05. The van der Waals surface area contributed by atoms with E-state index in [1.807, 2.05) is 12.1 Å². The maximum Gasteiger partial charge on any atom is 0.336 e. The van der Waals surface area contributed by atoms with Crippen LogP contribution in [0.4, 0.5) is 4.39 Å². The molecule has 0 aliphatic carbocycles. The summed E-state index contributed by atoms with van der Waals surface area (Å²) in [6.45, 7) is 2.06. The lowest BCUT2D eigenvalue weighted by molar-refractivity contribution is 0.0699. The van der Waals surface area contributed by atoms with Gasteiger partial charge < -0.3 is 5.11 Å². The van der Waals surface area contributed by atoms with Gasteiger partial charge in [-0.1, -0.05) is 6.92 Å². The Hall–Kier alpha value is -2.27. The fourth-order valence-electron chi connectivity index (χ4n) is 2.21. The van der Waals surface area contributed by atoms with Crippen molar-refractivity contribution in [2.75, 3.05) is 0 Å². The van der Waals surface area contributed by atoms with Gasteiger partial charge in [-0.3, -0.25) is 0 Å². The molecule has 2 heterocycles. The molecule has 0 fully saturated rings. The van der Waals surface area contributed by atoms with Crippen molar-refractivity contribution in [3.63, 3.8) is 0 Å². The highest BCUT2D eigenvalue weighted by molar-refractivity contribution is 7.15. The minimum atomic E-state index is -1.04. The molecule has 0 atom stereocenters. The van der Waals surface area contributed by atoms with Crippen molar-refractivity contribution < 1.29 is 14.3 Å². The molecule has 1 aromatic carbocycles. The molecule has 21 heavy (non-hydrogen) atoms. The summed E-state index contributed by atoms with van der Waals surface area (Å²) in [5.41, 5.74) is 1.06. The fraction of sp³-hybridized carbons (Fsp3) is 0.125. The summed E-state index contributed by atoms with van der Waals surface area (Å²) in [4.78, 5) is 17.9. The predicted octanol–water partition coefficient (Wildman–Crippen LogP) is 4.36. The Morgan fingerprint density at radius 3 is 2.76 bits per heavy atom. The number of nitrogens with zero attached hydrogens (tertiary/aromatic N) is 1. The molecule has 0 saturated heterocycles. The number of aryl methyl sites for hydroxylation is 1. The highest BCUT2D eigenvalue weighted by atomic mass is 32.1. The van der Waals surface area contributed by atoms with E-state index in [1.165, 1.54) is 23.1 Å². The molecule has 0 amide bonds. The van der Waals surface area contributed by atoms with E-state index in [4.69, 9.17) is 0 Å². The highest BCUT2D eigenvalue weighted by Gasteiger charge is 2.14. The molecule has 3 aromatic rings. The van der Waals surface area contributed by atoms with Gasteiger partial charge in [-0.2, -0.15) is 0 Å². The van der Waals surface area contributed by atoms with Crippen LogP contribution >= 0.6 is 11.3 Å². The SMILES string of the molecule is CCc1ccc(-c2cc(C(=O)O)c3ccc(F)cc3n2)s1. The van der Waals surface area contributed by atoms with Crippen LogP contribution in [-0.2, 0) is 6.42 Å². The summed E-state index contributed by atoms with van der Waals surface area (Å²) in [6, 6.07) is 9.43. The zero-order chi connectivity index (χ0) is 15.0. The molecule has 2 aromatic heterocycles. The molecule has 3 nitrogen and oxygen atoms in total. The lowest BCUT2D eigenvalue weighted by Crippen LogP contribution is -2.00. The number of thiophene rings is 1. The number of fused-ring (bicyclic) bond motifs is 1. The Morgan fingerprint density at radius 1 is 1.29 bits per heavy atom. The molecule has 0 bridgehead atoms. The Bertz CT molecular complexity index is 841. The van der Waals surface area contributed by atoms with Crippen molar-refractivity contribution in [2.45, 2.75) is 13.3 Å². The predicted molar refractivity (Wildman–Crippen MR) is 81.4 cm³/mol. The summed E-state index contributed by atoms with van der Waals surface area (Å²) in [6.07, 6.45) is 0.915. The summed E-state index contributed by atoms with van der Waals surface area (Å²) in [5, 5.41) is 9.80. The number of benzene rings is 1. The van der Waals surface area contributed by atoms with Gasteiger partial charge in [0.15, 0.2) is 0 Å². The van der Waals surface area contributed by atoms with Crippen LogP contribution < -0.4 is 0 Å². The van der Waals surface area contributed by atoms with E-state index in [2.05, 4.69) is 11.9 Å². The van der Waals surface area contributed by atoms with Crippen LogP contribution in [0.2, 0.25) is 0 Å². The third-order valence-electron chi connectivity index (χ3n) is 3.26. The zero-order valence-corrected chi connectivity index (χ0v) is 12.1. The fourth-order valence-corrected chi connectivity index (χ4v) is 3.12. The van der Waals surface area contributed by atoms with Crippen molar-refractivity contribution in [1.29, 1.82) is 0 Å². The second-order valence-corrected chi connectivity index (χ2v) is 5.81. The number of carboxylic acids is 1. The van der Waals surface area contributed by atoms with Crippen LogP contribution in [0.5, 0.6) is 0 Å². The van der Waals surface area contributed by atoms with E-state index in [-0.39, 0.29) is 5.56 Å². The van der Waals surface area contributed by atoms with Gasteiger partial charge in [-0.25, -0.2) is 14.2 Å². The maximum absolute atomic E-state index is 13.4. The molecule has 0 aliphatic rings. The van der Waals surface area contributed by atoms with Gasteiger partial charge in [0, 0.05) is 16.3 Å². The maximum atomic E-state index is 13.4. The molecular weight excluding hydrogens is 289 g/mol. The first-order chi connectivity index (χ1) is 10.1. The first kappa shape index (κ1) is 13.7. The van der Waals surface area contributed by atoms with Gasteiger partial charge in [-0.15, -0.1) is 11.3 Å². The van der Waals surface area contributed by atoms with Gasteiger partial charge in [0.05, 0.1) is 21.7 Å². The van der Waals surface area contributed by atoms with Crippen molar-refractivity contribution in [3.05, 3.63) is 52.7 Å². The Morgan fingerprint density at radius 2 is 2.10 bits per heavy atom. The van der Waals surface area contributed by atoms with Crippen LogP contribution in [0.25, 0.3) is 21.5 Å². The molecule has 5 heteroatoms. The molecule has 1 N–H and O–H groups in total. The topological polar surface area (TPSA) is 50.2 Å². The number of rotatable bonds is 3. The molecule has 0 spiro atoms. The normalized spacial score (nSPS) is 11.0. The number of hydrogen-bond acceptors (Lipinski definition) is 3. The van der Waals surface area contributed by atoms with E-state index < -0.39 is 11.8 Å². The van der Waals surface area contributed by atoms with E-state index in [0.29, 0.717) is 16.6 Å². The smallest absolute Gasteiger partial charge is 0.336 e. The minimum Gasteiger partial charge on any atom is -0.478 e. The quantitative estimate of drug-likeness (QED) is 0.782. The van der Waals surface area contributed by atoms with E-state index in [1.54, 1.807) is 17.4 Å². The Labute approximate surface area is 124 Å². The standard InChI is InChI=1S/C16H12FNO2S/c1-2-10-4-6-15(21-10)14-8-12(16(19)20)11-5-3-9(17)7-13(11)18-14/h3-8H,2H2,1H3,(H,19,20). The van der Waals surface area contributed by atoms with E-state index in [9.17, 15) is 14.3 Å². The number of hydrogen-bond donors (Lipinski definition) is 1. The summed E-state index contributed by atoms with van der Waals surface area (Å²) in [7, 11) is 0. The third-order valence-corrected chi connectivity index (χ3v) is 4.52. The number of aromatic carboxylic acids is 1. The molecule has 0 unspecified atom stereocenters. The second-order valence-electron chi connectivity index (χ2n) is 4.64. The average molecular weight is 301 g/mol. The first-order valence-corrected chi connectivity index (χ1v) is 7.33. The van der Waals surface area contributed by atoms with Gasteiger partial charge in [-0.05, 0) is 36.8 Å². The Kier molecular flexibility index (Phi) is 3.43. The minimum absolute atomic E-state index is 0.140. The molecule has 0 aliphatic heterocycles. The van der Waals surface area contributed by atoms with Gasteiger partial charge in [0.2, 0.25) is 0 Å². The lowest BCUT2D eigenvalue weighted by atomic mass is 10.1. The molecule has 3 rings (SSSR count). The number of halogens is 1. The van der Waals surface area contributed by atoms with Crippen molar-refractivity contribution in [2.24, 2.45) is 0 Å².